The van der Waals surface area contributed by atoms with Crippen LogP contribution in [-0.2, 0) is 4.84 Å². The second kappa shape index (κ2) is 8.42. The van der Waals surface area contributed by atoms with Crippen LogP contribution in [0.25, 0.3) is 0 Å². The Hall–Kier alpha value is -3.89. The van der Waals surface area contributed by atoms with E-state index in [0.29, 0.717) is 17.9 Å². The highest BCUT2D eigenvalue weighted by molar-refractivity contribution is 5.89. The summed E-state index contributed by atoms with van der Waals surface area (Å²) in [5.74, 6) is 6.21. The summed E-state index contributed by atoms with van der Waals surface area (Å²) in [6.07, 6.45) is 3.89. The monoisotopic (exact) mass is 385 g/mol. The molecule has 7 heteroatoms. The minimum absolute atomic E-state index is 0.107. The molecule has 144 valence electrons. The molecule has 0 saturated carbocycles. The van der Waals surface area contributed by atoms with E-state index in [0.717, 1.165) is 17.5 Å². The molecule has 1 fully saturated rings. The van der Waals surface area contributed by atoms with Crippen molar-refractivity contribution in [2.75, 3.05) is 17.7 Å². The Morgan fingerprint density at radius 3 is 2.62 bits per heavy atom. The molecule has 7 nitrogen and oxygen atoms in total. The van der Waals surface area contributed by atoms with Crippen molar-refractivity contribution >= 4 is 17.7 Å². The molecule has 3 N–H and O–H groups in total. The average Bonchev–Trinajstić information content (AvgIpc) is 3.24. The fourth-order valence-electron chi connectivity index (χ4n) is 3.05. The summed E-state index contributed by atoms with van der Waals surface area (Å²) in [6.45, 7) is 0.502. The molecule has 0 spiro atoms. The van der Waals surface area contributed by atoms with Gasteiger partial charge in [-0.2, -0.15) is 5.06 Å². The molecule has 2 aromatic carbocycles. The van der Waals surface area contributed by atoms with Gasteiger partial charge >= 0.3 is 6.03 Å². The topological polar surface area (TPSA) is 93.4 Å². The summed E-state index contributed by atoms with van der Waals surface area (Å²) < 4.78 is 0. The molecule has 0 bridgehead atoms. The van der Waals surface area contributed by atoms with Gasteiger partial charge in [-0.15, -0.1) is 0 Å². The lowest BCUT2D eigenvalue weighted by atomic mass is 10.1. The summed E-state index contributed by atoms with van der Waals surface area (Å²) >= 11 is 0. The van der Waals surface area contributed by atoms with Crippen LogP contribution in [0.4, 0.5) is 16.4 Å². The van der Waals surface area contributed by atoms with E-state index in [2.05, 4.69) is 27.1 Å². The Bertz CT molecular complexity index is 1060. The van der Waals surface area contributed by atoms with Crippen LogP contribution in [0.3, 0.4) is 0 Å². The smallest absolute Gasteiger partial charge is 0.346 e. The van der Waals surface area contributed by atoms with E-state index < -0.39 is 0 Å². The van der Waals surface area contributed by atoms with E-state index in [1.54, 1.807) is 18.5 Å². The summed E-state index contributed by atoms with van der Waals surface area (Å²) in [5.41, 5.74) is 8.57. The van der Waals surface area contributed by atoms with E-state index in [-0.39, 0.29) is 18.0 Å². The van der Waals surface area contributed by atoms with E-state index in [1.807, 2.05) is 48.5 Å². The summed E-state index contributed by atoms with van der Waals surface area (Å²) in [5, 5.41) is 4.28. The Morgan fingerprint density at radius 2 is 1.83 bits per heavy atom. The fraction of sp³-hybridized carbons (Fsp3) is 0.136. The van der Waals surface area contributed by atoms with E-state index in [9.17, 15) is 4.79 Å². The van der Waals surface area contributed by atoms with Crippen LogP contribution in [0.2, 0.25) is 0 Å². The van der Waals surface area contributed by atoms with Gasteiger partial charge in [0.1, 0.15) is 0 Å². The predicted octanol–water partition coefficient (Wildman–Crippen LogP) is 3.37. The lowest BCUT2D eigenvalue weighted by Gasteiger charge is -2.23. The number of benzene rings is 2. The van der Waals surface area contributed by atoms with Gasteiger partial charge in [0, 0.05) is 30.1 Å². The quantitative estimate of drug-likeness (QED) is 0.660. The second-order valence-electron chi connectivity index (χ2n) is 6.47. The van der Waals surface area contributed by atoms with Gasteiger partial charge in [-0.1, -0.05) is 48.2 Å². The average molecular weight is 385 g/mol. The summed E-state index contributed by atoms with van der Waals surface area (Å²) in [4.78, 5) is 26.1. The van der Waals surface area contributed by atoms with Crippen molar-refractivity contribution in [3.8, 4) is 11.8 Å². The number of aromatic nitrogens is 2. The van der Waals surface area contributed by atoms with Gasteiger partial charge in [-0.3, -0.25) is 4.84 Å². The second-order valence-corrected chi connectivity index (χ2v) is 6.47. The normalized spacial score (nSPS) is 15.4. The van der Waals surface area contributed by atoms with Gasteiger partial charge in [0.2, 0.25) is 5.95 Å². The van der Waals surface area contributed by atoms with Crippen LogP contribution in [0.5, 0.6) is 0 Å². The first-order valence-corrected chi connectivity index (χ1v) is 9.17. The molecule has 3 aromatic rings. The number of hydroxylamine groups is 2. The Morgan fingerprint density at radius 1 is 1.07 bits per heavy atom. The summed E-state index contributed by atoms with van der Waals surface area (Å²) in [6, 6.07) is 16.7. The number of rotatable bonds is 2. The van der Waals surface area contributed by atoms with Gasteiger partial charge in [0.25, 0.3) is 0 Å². The first-order chi connectivity index (χ1) is 14.2. The zero-order chi connectivity index (χ0) is 20.1. The highest BCUT2D eigenvalue weighted by Gasteiger charge is 2.31. The maximum Gasteiger partial charge on any atom is 0.346 e. The van der Waals surface area contributed by atoms with Crippen molar-refractivity contribution in [1.29, 1.82) is 0 Å². The number of carbonyl (C=O) groups is 1. The Kier molecular flexibility index (Phi) is 5.36. The van der Waals surface area contributed by atoms with Crippen molar-refractivity contribution in [2.45, 2.75) is 12.5 Å². The highest BCUT2D eigenvalue weighted by Crippen LogP contribution is 2.30. The number of hydrogen-bond donors (Lipinski definition) is 2. The third-order valence-corrected chi connectivity index (χ3v) is 4.43. The molecule has 0 radical (unpaired) electrons. The van der Waals surface area contributed by atoms with Crippen molar-refractivity contribution in [1.82, 2.24) is 15.0 Å². The van der Waals surface area contributed by atoms with Gasteiger partial charge < -0.3 is 11.1 Å². The third kappa shape index (κ3) is 4.51. The number of nitrogens with one attached hydrogen (secondary N) is 1. The van der Waals surface area contributed by atoms with E-state index in [1.165, 1.54) is 5.06 Å². The SMILES string of the molecule is Nc1ncc(C#Cc2cccc(NC(=O)N3OCC[C@H]3c3ccccc3)c2)cn1. The highest BCUT2D eigenvalue weighted by atomic mass is 16.7. The molecule has 1 atom stereocenters. The van der Waals surface area contributed by atoms with E-state index >= 15 is 0 Å². The van der Waals surface area contributed by atoms with Gasteiger partial charge in [-0.25, -0.2) is 14.8 Å². The fourth-order valence-corrected chi connectivity index (χ4v) is 3.05. The Labute approximate surface area is 168 Å². The zero-order valence-electron chi connectivity index (χ0n) is 15.6. The number of urea groups is 1. The number of amides is 2. The molecule has 0 aliphatic carbocycles. The van der Waals surface area contributed by atoms with Crippen LogP contribution in [0, 0.1) is 11.8 Å². The van der Waals surface area contributed by atoms with Crippen LogP contribution >= 0.6 is 0 Å². The van der Waals surface area contributed by atoms with Crippen molar-refractivity contribution < 1.29 is 9.63 Å². The lowest BCUT2D eigenvalue weighted by molar-refractivity contribution is -0.0829. The molecule has 1 saturated heterocycles. The lowest BCUT2D eigenvalue weighted by Crippen LogP contribution is -2.33. The summed E-state index contributed by atoms with van der Waals surface area (Å²) in [7, 11) is 0. The predicted molar refractivity (Wildman–Crippen MR) is 109 cm³/mol. The first-order valence-electron chi connectivity index (χ1n) is 9.17. The van der Waals surface area contributed by atoms with Gasteiger partial charge in [0.05, 0.1) is 18.2 Å². The minimum atomic E-state index is -0.312. The molecule has 1 aliphatic heterocycles. The number of hydrogen-bond acceptors (Lipinski definition) is 5. The maximum absolute atomic E-state index is 12.7. The zero-order valence-corrected chi connectivity index (χ0v) is 15.6. The molecule has 1 aromatic heterocycles. The van der Waals surface area contributed by atoms with Gasteiger partial charge in [-0.05, 0) is 23.8 Å². The number of nitrogen functional groups attached to an aromatic ring is 1. The van der Waals surface area contributed by atoms with Crippen molar-refractivity contribution in [2.24, 2.45) is 0 Å². The van der Waals surface area contributed by atoms with Gasteiger partial charge in [0.15, 0.2) is 0 Å². The van der Waals surface area contributed by atoms with Crippen molar-refractivity contribution in [3.63, 3.8) is 0 Å². The molecular weight excluding hydrogens is 366 g/mol. The Balaban J connectivity index is 1.46. The first kappa shape index (κ1) is 18.5. The van der Waals surface area contributed by atoms with Crippen LogP contribution in [0.15, 0.2) is 67.0 Å². The largest absolute Gasteiger partial charge is 0.368 e. The maximum atomic E-state index is 12.7. The number of nitrogens with zero attached hydrogens (tertiary/aromatic N) is 3. The minimum Gasteiger partial charge on any atom is -0.368 e. The molecule has 2 heterocycles. The molecule has 4 rings (SSSR count). The molecule has 2 amide bonds. The number of carbonyl (C=O) groups excluding carboxylic acids is 1. The molecule has 29 heavy (non-hydrogen) atoms. The standard InChI is InChI=1S/C22H19N5O2/c23-21-24-14-17(15-25-21)10-9-16-5-4-8-19(13-16)26-22(28)27-20(11-12-29-27)18-6-2-1-3-7-18/h1-8,13-15,20H,11-12H2,(H,26,28)(H2,23,24,25)/t20-/m0/s1. The molecular formula is C22H19N5O2. The molecule has 0 unspecified atom stereocenters. The third-order valence-electron chi connectivity index (χ3n) is 4.43. The number of nitrogens with two attached hydrogens (primary N) is 1. The van der Waals surface area contributed by atoms with E-state index in [4.69, 9.17) is 10.6 Å². The van der Waals surface area contributed by atoms with Crippen LogP contribution < -0.4 is 11.1 Å². The van der Waals surface area contributed by atoms with Crippen molar-refractivity contribution in [3.05, 3.63) is 83.7 Å². The molecule has 1 aliphatic rings. The van der Waals surface area contributed by atoms with Crippen LogP contribution in [0.1, 0.15) is 29.2 Å². The number of anilines is 2. The van der Waals surface area contributed by atoms with Crippen LogP contribution in [-0.4, -0.2) is 27.7 Å².